The van der Waals surface area contributed by atoms with Crippen molar-refractivity contribution >= 4 is 41.2 Å². The summed E-state index contributed by atoms with van der Waals surface area (Å²) in [6.45, 7) is 24.8. The second-order valence-electron chi connectivity index (χ2n) is 21.6. The van der Waals surface area contributed by atoms with E-state index in [1.54, 1.807) is 48.0 Å². The molecule has 1 aliphatic rings. The number of hydrogen-bond acceptors (Lipinski definition) is 24. The molecule has 92 heavy (non-hydrogen) atoms. The Labute approximate surface area is 545 Å². The van der Waals surface area contributed by atoms with Gasteiger partial charge in [-0.15, -0.1) is 0 Å². The molecular weight excluding hydrogens is 1210 g/mol. The zero-order chi connectivity index (χ0) is 66.9. The van der Waals surface area contributed by atoms with Crippen LogP contribution >= 0.6 is 0 Å². The lowest BCUT2D eigenvalue weighted by Crippen LogP contribution is -2.55. The number of anilines is 1. The zero-order valence-corrected chi connectivity index (χ0v) is 56.1. The molecule has 0 bridgehead atoms. The Morgan fingerprint density at radius 1 is 0.446 bits per heavy atom. The predicted octanol–water partition coefficient (Wildman–Crippen LogP) is 2.43. The first-order chi connectivity index (χ1) is 44.8. The molecule has 0 saturated carbocycles. The molecule has 28 nitrogen and oxygen atoms in total. The van der Waals surface area contributed by atoms with E-state index in [0.29, 0.717) is 210 Å². The Morgan fingerprint density at radius 2 is 0.804 bits per heavy atom. The maximum Gasteiger partial charge on any atom is 0.308 e. The monoisotopic (exact) mass is 1320 g/mol. The summed E-state index contributed by atoms with van der Waals surface area (Å²) in [5, 5.41) is 8.15. The molecule has 0 saturated heterocycles. The minimum absolute atomic E-state index is 0.0481. The maximum absolute atomic E-state index is 13.6. The molecule has 530 valence electrons. The van der Waals surface area contributed by atoms with E-state index in [-0.39, 0.29) is 18.5 Å². The number of methoxy groups -OCH3 is 2. The second-order valence-corrected chi connectivity index (χ2v) is 21.6. The molecule has 28 heteroatoms. The SMILES string of the molecule is COCCOCCOCCOCCOCCOCCOCCOCCCN(CCCOCCOCCOCCOCCOCCOCCOCCOC)CCCc1cc(NC(=O)[C@H](C)NC(=O)[C@@H](NC(=O)CN2C(=O)C=CC2=O)C(C)C)ccc1COC(=O)C(C)C. The van der Waals surface area contributed by atoms with E-state index >= 15 is 0 Å². The van der Waals surface area contributed by atoms with Crippen molar-refractivity contribution in [1.82, 2.24) is 20.4 Å². The average Bonchev–Trinajstić information content (AvgIpc) is 1.66. The number of carbonyl (C=O) groups is 6. The van der Waals surface area contributed by atoms with E-state index in [1.807, 2.05) is 12.1 Å². The number of ether oxygens (including phenoxy) is 17. The highest BCUT2D eigenvalue weighted by molar-refractivity contribution is 6.14. The van der Waals surface area contributed by atoms with Crippen LogP contribution in [0.15, 0.2) is 30.4 Å². The summed E-state index contributed by atoms with van der Waals surface area (Å²) in [6.07, 6.45) is 5.03. The smallest absolute Gasteiger partial charge is 0.308 e. The molecule has 1 aromatic rings. The third-order valence-corrected chi connectivity index (χ3v) is 13.3. The summed E-state index contributed by atoms with van der Waals surface area (Å²) in [7, 11) is 3.27. The molecule has 0 aliphatic carbocycles. The fourth-order valence-corrected chi connectivity index (χ4v) is 8.23. The van der Waals surface area contributed by atoms with E-state index in [4.69, 9.17) is 80.5 Å². The van der Waals surface area contributed by atoms with Crippen molar-refractivity contribution in [1.29, 1.82) is 0 Å². The van der Waals surface area contributed by atoms with Gasteiger partial charge in [0.25, 0.3) is 11.8 Å². The van der Waals surface area contributed by atoms with Gasteiger partial charge in [0, 0.05) is 58.4 Å². The first kappa shape index (κ1) is 83.4. The van der Waals surface area contributed by atoms with E-state index in [1.165, 1.54) is 6.92 Å². The number of imide groups is 1. The van der Waals surface area contributed by atoms with Crippen LogP contribution in [0.25, 0.3) is 0 Å². The molecule has 0 aromatic heterocycles. The van der Waals surface area contributed by atoms with Gasteiger partial charge in [0.1, 0.15) is 25.2 Å². The van der Waals surface area contributed by atoms with Gasteiger partial charge >= 0.3 is 5.97 Å². The number of carbonyl (C=O) groups excluding carboxylic acids is 6. The topological polar surface area (TPSA) is 302 Å². The van der Waals surface area contributed by atoms with E-state index in [9.17, 15) is 28.8 Å². The molecule has 3 N–H and O–H groups in total. The minimum atomic E-state index is -1.06. The third kappa shape index (κ3) is 44.8. The molecule has 0 spiro atoms. The highest BCUT2D eigenvalue weighted by Gasteiger charge is 2.31. The first-order valence-electron chi connectivity index (χ1n) is 32.3. The molecule has 0 unspecified atom stereocenters. The van der Waals surface area contributed by atoms with Gasteiger partial charge in [0.15, 0.2) is 0 Å². The van der Waals surface area contributed by atoms with Crippen molar-refractivity contribution in [3.63, 3.8) is 0 Å². The number of aryl methyl sites for hydroxylation is 1. The van der Waals surface area contributed by atoms with Crippen LogP contribution in [0.5, 0.6) is 0 Å². The highest BCUT2D eigenvalue weighted by atomic mass is 16.6. The number of nitrogens with zero attached hydrogens (tertiary/aromatic N) is 2. The van der Waals surface area contributed by atoms with Crippen LogP contribution in [0.4, 0.5) is 5.69 Å². The van der Waals surface area contributed by atoms with Crippen LogP contribution < -0.4 is 16.0 Å². The Kier molecular flexibility index (Phi) is 52.3. The number of esters is 1. The van der Waals surface area contributed by atoms with Crippen molar-refractivity contribution < 1.29 is 109 Å². The summed E-state index contributed by atoms with van der Waals surface area (Å²) in [5.41, 5.74) is 2.14. The Balaban J connectivity index is 1.84. The van der Waals surface area contributed by atoms with Crippen LogP contribution in [-0.4, -0.2) is 296 Å². The Bertz CT molecular complexity index is 2020. The molecule has 1 heterocycles. The number of rotatable bonds is 65. The lowest BCUT2D eigenvalue weighted by molar-refractivity contribution is -0.148. The van der Waals surface area contributed by atoms with Crippen LogP contribution in [0.1, 0.15) is 65.0 Å². The van der Waals surface area contributed by atoms with Crippen molar-refractivity contribution in [3.05, 3.63) is 41.5 Å². The average molecular weight is 1320 g/mol. The van der Waals surface area contributed by atoms with Gasteiger partial charge in [0.2, 0.25) is 17.7 Å². The van der Waals surface area contributed by atoms with Crippen molar-refractivity contribution in [3.8, 4) is 0 Å². The quantitative estimate of drug-likeness (QED) is 0.0479. The summed E-state index contributed by atoms with van der Waals surface area (Å²) in [4.78, 5) is 79.5. The molecule has 0 fully saturated rings. The molecule has 1 aromatic carbocycles. The summed E-state index contributed by atoms with van der Waals surface area (Å²) in [6, 6.07) is 3.30. The van der Waals surface area contributed by atoms with Crippen molar-refractivity contribution in [2.24, 2.45) is 11.8 Å². The van der Waals surface area contributed by atoms with Crippen LogP contribution in [0, 0.1) is 11.8 Å². The Hall–Kier alpha value is -4.70. The van der Waals surface area contributed by atoms with Crippen molar-refractivity contribution in [2.75, 3.05) is 244 Å². The number of nitrogens with one attached hydrogen (secondary N) is 3. The van der Waals surface area contributed by atoms with Gasteiger partial charge in [0.05, 0.1) is 191 Å². The van der Waals surface area contributed by atoms with E-state index in [2.05, 4.69) is 20.9 Å². The number of benzene rings is 1. The largest absolute Gasteiger partial charge is 0.461 e. The summed E-state index contributed by atoms with van der Waals surface area (Å²) in [5.74, 6) is -4.13. The summed E-state index contributed by atoms with van der Waals surface area (Å²) >= 11 is 0. The standard InChI is InChI=1S/C64H111N5O23/c1-52(2)61(67-58(70)50-69-59(71)14-15-60(69)72)63(74)65-54(5)62(73)66-57-13-12-56(51-92-64(75)53(3)4)55(49-57)11-8-16-68(17-9-19-78-25-27-82-33-35-86-41-43-90-47-45-88-39-37-84-31-29-80-23-21-76-6)18-10-20-79-26-28-83-34-36-87-42-44-91-48-46-89-40-38-85-32-30-81-24-22-77-7/h12-15,49,52-54,61H,8-11,16-48,50-51H2,1-7H3,(H,65,74)(H,66,73)(H,67,70)/t54-,61-/m0/s1. The van der Waals surface area contributed by atoms with Gasteiger partial charge in [-0.05, 0) is 68.3 Å². The molecule has 1 aliphatic heterocycles. The third-order valence-electron chi connectivity index (χ3n) is 13.3. The van der Waals surface area contributed by atoms with Gasteiger partial charge in [-0.3, -0.25) is 33.7 Å². The van der Waals surface area contributed by atoms with Crippen LogP contribution in [0.3, 0.4) is 0 Å². The fraction of sp³-hybridized carbons (Fsp3) is 0.781. The molecule has 2 atom stereocenters. The summed E-state index contributed by atoms with van der Waals surface area (Å²) < 4.78 is 93.8. The maximum atomic E-state index is 13.6. The van der Waals surface area contributed by atoms with Crippen LogP contribution in [-0.2, 0) is 122 Å². The normalized spacial score (nSPS) is 13.1. The van der Waals surface area contributed by atoms with E-state index in [0.717, 1.165) is 67.1 Å². The number of amides is 5. The zero-order valence-electron chi connectivity index (χ0n) is 56.1. The molecular formula is C64H111N5O23. The van der Waals surface area contributed by atoms with Crippen LogP contribution in [0.2, 0.25) is 0 Å². The molecule has 2 rings (SSSR count). The minimum Gasteiger partial charge on any atom is -0.461 e. The predicted molar refractivity (Wildman–Crippen MR) is 339 cm³/mol. The van der Waals surface area contributed by atoms with Gasteiger partial charge in [-0.1, -0.05) is 33.8 Å². The second kappa shape index (κ2) is 57.7. The molecule has 0 radical (unpaired) electrons. The van der Waals surface area contributed by atoms with Gasteiger partial charge in [-0.25, -0.2) is 0 Å². The highest BCUT2D eigenvalue weighted by Crippen LogP contribution is 2.21. The Morgan fingerprint density at radius 3 is 1.16 bits per heavy atom. The fourth-order valence-electron chi connectivity index (χ4n) is 8.23. The first-order valence-corrected chi connectivity index (χ1v) is 32.3. The van der Waals surface area contributed by atoms with Crippen molar-refractivity contribution in [2.45, 2.75) is 79.0 Å². The van der Waals surface area contributed by atoms with Gasteiger partial charge < -0.3 is 101 Å². The lowest BCUT2D eigenvalue weighted by Gasteiger charge is -2.25. The lowest BCUT2D eigenvalue weighted by atomic mass is 10.0. The van der Waals surface area contributed by atoms with E-state index < -0.39 is 54.1 Å². The molecule has 5 amide bonds. The number of hydrogen-bond donors (Lipinski definition) is 3. The van der Waals surface area contributed by atoms with Gasteiger partial charge in [-0.2, -0.15) is 0 Å².